The average molecular weight is 464 g/mol. The Morgan fingerprint density at radius 1 is 1.03 bits per heavy atom. The van der Waals surface area contributed by atoms with E-state index in [1.54, 1.807) is 17.4 Å². The maximum Gasteiger partial charge on any atom is 0.471 e. The molecule has 0 radical (unpaired) electrons. The molecule has 33 heavy (non-hydrogen) atoms. The molecule has 0 spiro atoms. The van der Waals surface area contributed by atoms with Gasteiger partial charge >= 0.3 is 12.1 Å². The van der Waals surface area contributed by atoms with Crippen molar-refractivity contribution in [2.24, 2.45) is 0 Å². The normalized spacial score (nSPS) is 15.3. The van der Waals surface area contributed by atoms with E-state index in [4.69, 9.17) is 4.74 Å². The van der Waals surface area contributed by atoms with E-state index < -0.39 is 18.6 Å². The number of nitrogens with zero attached hydrogens (tertiary/aromatic N) is 1. The summed E-state index contributed by atoms with van der Waals surface area (Å²) >= 11 is 0. The van der Waals surface area contributed by atoms with Crippen molar-refractivity contribution in [1.82, 2.24) is 10.2 Å². The number of amides is 2. The third-order valence-electron chi connectivity index (χ3n) is 5.47. The lowest BCUT2D eigenvalue weighted by Gasteiger charge is -2.32. The number of hydrogen-bond donors (Lipinski definition) is 1. The lowest BCUT2D eigenvalue weighted by atomic mass is 9.89. The Morgan fingerprint density at radius 2 is 1.67 bits per heavy atom. The second kappa shape index (κ2) is 11.0. The minimum Gasteiger partial charge on any atom is -0.489 e. The highest BCUT2D eigenvalue weighted by Gasteiger charge is 2.38. The van der Waals surface area contributed by atoms with Gasteiger partial charge in [0, 0.05) is 30.8 Å². The van der Waals surface area contributed by atoms with Crippen molar-refractivity contribution in [3.63, 3.8) is 0 Å². The maximum atomic E-state index is 12.9. The van der Waals surface area contributed by atoms with Crippen LogP contribution in [0, 0.1) is 0 Å². The predicted octanol–water partition coefficient (Wildman–Crippen LogP) is 4.62. The van der Waals surface area contributed by atoms with Gasteiger partial charge in [-0.1, -0.05) is 30.3 Å². The van der Waals surface area contributed by atoms with E-state index in [-0.39, 0.29) is 24.4 Å². The number of carbonyl (C=O) groups is 2. The molecule has 1 aliphatic rings. The van der Waals surface area contributed by atoms with E-state index in [0.29, 0.717) is 30.3 Å². The summed E-state index contributed by atoms with van der Waals surface area (Å²) in [6, 6.07) is 16.5. The van der Waals surface area contributed by atoms with Gasteiger partial charge in [-0.3, -0.25) is 9.59 Å². The van der Waals surface area contributed by atoms with Gasteiger partial charge in [0.15, 0.2) is 0 Å². The van der Waals surface area contributed by atoms with E-state index >= 15 is 0 Å². The van der Waals surface area contributed by atoms with E-state index in [1.807, 2.05) is 23.1 Å². The van der Waals surface area contributed by atoms with Gasteiger partial charge in [-0.2, -0.15) is 13.2 Å². The highest BCUT2D eigenvalue weighted by Crippen LogP contribution is 2.28. The van der Waals surface area contributed by atoms with Crippen molar-refractivity contribution in [2.45, 2.75) is 24.9 Å². The highest BCUT2D eigenvalue weighted by molar-refractivity contribution is 5.94. The van der Waals surface area contributed by atoms with E-state index in [1.165, 1.54) is 17.7 Å². The lowest BCUT2D eigenvalue weighted by Crippen LogP contribution is -2.38. The first-order valence-corrected chi connectivity index (χ1v) is 10.5. The molecule has 176 valence electrons. The van der Waals surface area contributed by atoms with Crippen LogP contribution in [-0.4, -0.2) is 49.1 Å². The molecule has 0 saturated carbocycles. The van der Waals surface area contributed by atoms with Gasteiger partial charge in [0.05, 0.1) is 6.33 Å². The Labute approximate surface area is 189 Å². The first-order chi connectivity index (χ1) is 15.8. The number of nitrogens with one attached hydrogen (secondary N) is 1. The summed E-state index contributed by atoms with van der Waals surface area (Å²) in [6.45, 7) is 0.329. The van der Waals surface area contributed by atoms with Crippen LogP contribution in [0.4, 0.5) is 17.6 Å². The monoisotopic (exact) mass is 464 g/mol. The molecule has 1 aliphatic heterocycles. The summed E-state index contributed by atoms with van der Waals surface area (Å²) in [4.78, 5) is 25.4. The predicted molar refractivity (Wildman–Crippen MR) is 115 cm³/mol. The topological polar surface area (TPSA) is 58.6 Å². The number of alkyl halides is 3. The second-order valence-electron chi connectivity index (χ2n) is 7.74. The van der Waals surface area contributed by atoms with Crippen LogP contribution in [0.5, 0.6) is 5.75 Å². The number of piperidine rings is 1. The number of ether oxygens (including phenoxy) is 1. The van der Waals surface area contributed by atoms with Gasteiger partial charge < -0.3 is 15.0 Å². The number of hydrogen-bond acceptors (Lipinski definition) is 3. The van der Waals surface area contributed by atoms with Crippen molar-refractivity contribution in [3.05, 3.63) is 77.6 Å². The summed E-state index contributed by atoms with van der Waals surface area (Å²) in [5, 5.41) is 1.58. The zero-order chi connectivity index (χ0) is 23.8. The Bertz CT molecular complexity index is 967. The molecule has 0 unspecified atom stereocenters. The van der Waals surface area contributed by atoms with Crippen LogP contribution in [0.2, 0.25) is 0 Å². The van der Waals surface area contributed by atoms with Crippen molar-refractivity contribution < 1.29 is 31.9 Å². The van der Waals surface area contributed by atoms with Crippen LogP contribution < -0.4 is 10.1 Å². The second-order valence-corrected chi connectivity index (χ2v) is 7.74. The molecule has 1 saturated heterocycles. The van der Waals surface area contributed by atoms with Crippen LogP contribution in [0.3, 0.4) is 0 Å². The van der Waals surface area contributed by atoms with E-state index in [9.17, 15) is 27.2 Å². The molecule has 1 N–H and O–H groups in total. The SMILES string of the molecule is O=C(c1ccc(OC/C(=C\F)CNC(=O)C(F)(F)F)cc1)N1CCC(c2ccccc2)CC1. The molecular formula is C24H24F4N2O3. The quantitative estimate of drug-likeness (QED) is 0.609. The van der Waals surface area contributed by atoms with E-state index in [0.717, 1.165) is 12.8 Å². The Hall–Kier alpha value is -3.36. The molecule has 1 fully saturated rings. The molecule has 1 heterocycles. The molecule has 2 aromatic carbocycles. The number of benzene rings is 2. The number of carbonyl (C=O) groups excluding carboxylic acids is 2. The largest absolute Gasteiger partial charge is 0.489 e. The van der Waals surface area contributed by atoms with Gasteiger partial charge in [0.25, 0.3) is 5.91 Å². The average Bonchev–Trinajstić information content (AvgIpc) is 2.84. The molecule has 2 amide bonds. The molecular weight excluding hydrogens is 440 g/mol. The van der Waals surface area contributed by atoms with Crippen LogP contribution in [0.15, 0.2) is 66.5 Å². The van der Waals surface area contributed by atoms with Crippen LogP contribution >= 0.6 is 0 Å². The number of likely N-dealkylation sites (tertiary alicyclic amines) is 1. The molecule has 0 atom stereocenters. The molecule has 2 aromatic rings. The van der Waals surface area contributed by atoms with Crippen molar-refractivity contribution in [3.8, 4) is 5.75 Å². The fraction of sp³-hybridized carbons (Fsp3) is 0.333. The molecule has 0 bridgehead atoms. The molecule has 3 rings (SSSR count). The minimum atomic E-state index is -5.04. The van der Waals surface area contributed by atoms with Gasteiger partial charge in [0.2, 0.25) is 0 Å². The summed E-state index contributed by atoms with van der Waals surface area (Å²) in [5.41, 5.74) is 1.60. The third kappa shape index (κ3) is 6.81. The Morgan fingerprint density at radius 3 is 2.24 bits per heavy atom. The molecule has 9 heteroatoms. The first-order valence-electron chi connectivity index (χ1n) is 10.5. The summed E-state index contributed by atoms with van der Waals surface area (Å²) < 4.78 is 54.9. The zero-order valence-electron chi connectivity index (χ0n) is 17.8. The first kappa shape index (κ1) is 24.3. The summed E-state index contributed by atoms with van der Waals surface area (Å²) in [7, 11) is 0. The minimum absolute atomic E-state index is 0.0905. The standard InChI is InChI=1S/C24H24F4N2O3/c25-14-17(15-29-23(32)24(26,27)28)16-33-21-8-6-20(7-9-21)22(31)30-12-10-19(11-13-30)18-4-2-1-3-5-18/h1-9,14,19H,10-13,15-16H2,(H,29,32)/b17-14-. The van der Waals surface area contributed by atoms with Gasteiger partial charge in [-0.05, 0) is 48.6 Å². The molecule has 0 aromatic heterocycles. The summed E-state index contributed by atoms with van der Waals surface area (Å²) in [6.07, 6.45) is -3.17. The van der Waals surface area contributed by atoms with Crippen LogP contribution in [0.1, 0.15) is 34.7 Å². The van der Waals surface area contributed by atoms with Crippen molar-refractivity contribution in [2.75, 3.05) is 26.2 Å². The number of halogens is 4. The molecule has 5 nitrogen and oxygen atoms in total. The van der Waals surface area contributed by atoms with Crippen molar-refractivity contribution >= 4 is 11.8 Å². The zero-order valence-corrected chi connectivity index (χ0v) is 17.8. The molecule has 0 aliphatic carbocycles. The fourth-order valence-electron chi connectivity index (χ4n) is 3.61. The van der Waals surface area contributed by atoms with E-state index in [2.05, 4.69) is 12.1 Å². The fourth-order valence-corrected chi connectivity index (χ4v) is 3.61. The van der Waals surface area contributed by atoms with Gasteiger partial charge in [-0.15, -0.1) is 0 Å². The Balaban J connectivity index is 1.47. The third-order valence-corrected chi connectivity index (χ3v) is 5.47. The van der Waals surface area contributed by atoms with Gasteiger partial charge in [0.1, 0.15) is 12.4 Å². The van der Waals surface area contributed by atoms with Crippen molar-refractivity contribution in [1.29, 1.82) is 0 Å². The van der Waals surface area contributed by atoms with Gasteiger partial charge in [-0.25, -0.2) is 4.39 Å². The smallest absolute Gasteiger partial charge is 0.471 e. The lowest BCUT2D eigenvalue weighted by molar-refractivity contribution is -0.173. The van der Waals surface area contributed by atoms with Crippen LogP contribution in [0.25, 0.3) is 0 Å². The number of rotatable bonds is 7. The maximum absolute atomic E-state index is 12.9. The highest BCUT2D eigenvalue weighted by atomic mass is 19.4. The van der Waals surface area contributed by atoms with Crippen LogP contribution in [-0.2, 0) is 4.79 Å². The Kier molecular flexibility index (Phi) is 8.08. The summed E-state index contributed by atoms with van der Waals surface area (Å²) in [5.74, 6) is -1.50.